The maximum absolute atomic E-state index is 13.6. The number of nitrogens with zero attached hydrogens (tertiary/aromatic N) is 2. The van der Waals surface area contributed by atoms with E-state index in [1.807, 2.05) is 18.2 Å². The predicted octanol–water partition coefficient (Wildman–Crippen LogP) is 3.96. The number of carbonyl (C=O) groups excluding carboxylic acids is 2. The van der Waals surface area contributed by atoms with Crippen molar-refractivity contribution in [2.45, 2.75) is 67.1 Å². The normalized spacial score (nSPS) is 18.7. The van der Waals surface area contributed by atoms with E-state index >= 15 is 0 Å². The number of aliphatic carboxylic acids is 1. The van der Waals surface area contributed by atoms with Gasteiger partial charge in [0.15, 0.2) is 0 Å². The van der Waals surface area contributed by atoms with Gasteiger partial charge in [-0.1, -0.05) is 36.4 Å². The number of rotatable bonds is 13. The Morgan fingerprint density at radius 3 is 2.34 bits per heavy atom. The van der Waals surface area contributed by atoms with Crippen molar-refractivity contribution in [2.24, 2.45) is 0 Å². The molecule has 0 bridgehead atoms. The second-order valence-electron chi connectivity index (χ2n) is 11.0. The Kier molecular flexibility index (Phi) is 10.7. The minimum Gasteiger partial charge on any atom is -0.480 e. The number of carboxylic acid groups (broad SMARTS) is 1. The Balaban J connectivity index is 1.36. The first-order valence-electron chi connectivity index (χ1n) is 14.2. The van der Waals surface area contributed by atoms with E-state index in [9.17, 15) is 27.9 Å². The Labute approximate surface area is 261 Å². The Morgan fingerprint density at radius 1 is 1.02 bits per heavy atom. The van der Waals surface area contributed by atoms with Gasteiger partial charge in [0.2, 0.25) is 21.8 Å². The van der Waals surface area contributed by atoms with E-state index in [0.29, 0.717) is 30.6 Å². The van der Waals surface area contributed by atoms with Crippen molar-refractivity contribution in [3.05, 3.63) is 84.6 Å². The van der Waals surface area contributed by atoms with Crippen LogP contribution in [0.15, 0.2) is 83.9 Å². The lowest BCUT2D eigenvalue weighted by Gasteiger charge is -2.31. The molecular formula is C31H37N5O6S2. The lowest BCUT2D eigenvalue weighted by molar-refractivity contribution is -0.142. The minimum absolute atomic E-state index is 0.0320. The highest BCUT2D eigenvalue weighted by atomic mass is 32.2. The van der Waals surface area contributed by atoms with Gasteiger partial charge in [-0.05, 0) is 69.2 Å². The average molecular weight is 640 g/mol. The van der Waals surface area contributed by atoms with Crippen LogP contribution in [-0.2, 0) is 30.8 Å². The molecule has 4 N–H and O–H groups in total. The van der Waals surface area contributed by atoms with Gasteiger partial charge in [-0.2, -0.15) is 4.31 Å². The highest BCUT2D eigenvalue weighted by Gasteiger charge is 2.55. The van der Waals surface area contributed by atoms with Gasteiger partial charge in [0, 0.05) is 36.0 Å². The number of hydrogen-bond donors (Lipinski definition) is 4. The number of aromatic nitrogens is 1. The fraction of sp³-hybridized carbons (Fsp3) is 0.355. The van der Waals surface area contributed by atoms with E-state index in [4.69, 9.17) is 0 Å². The molecule has 2 aromatic carbocycles. The first kappa shape index (κ1) is 33.0. The summed E-state index contributed by atoms with van der Waals surface area (Å²) in [6, 6.07) is 17.7. The fourth-order valence-electron chi connectivity index (χ4n) is 5.12. The Bertz CT molecular complexity index is 1550. The third-order valence-electron chi connectivity index (χ3n) is 7.16. The SMILES string of the molecule is CC1SC(C)(C)[C@@H](C(=O)N[C@@H](Cc2ccc(NC(=O)CCCNc3ccccn3)cc2)C(=O)O)N1S(=O)(=O)c1ccccc1. The summed E-state index contributed by atoms with van der Waals surface area (Å²) in [7, 11) is -4.04. The summed E-state index contributed by atoms with van der Waals surface area (Å²) in [6.45, 7) is 5.86. The smallest absolute Gasteiger partial charge is 0.326 e. The number of pyridine rings is 1. The van der Waals surface area contributed by atoms with E-state index < -0.39 is 44.1 Å². The molecule has 44 heavy (non-hydrogen) atoms. The Morgan fingerprint density at radius 2 is 1.70 bits per heavy atom. The molecule has 13 heteroatoms. The lowest BCUT2D eigenvalue weighted by atomic mass is 10.0. The van der Waals surface area contributed by atoms with Crippen LogP contribution in [0.25, 0.3) is 0 Å². The molecule has 0 spiro atoms. The molecule has 2 amide bonds. The van der Waals surface area contributed by atoms with Gasteiger partial charge in [0.25, 0.3) is 0 Å². The summed E-state index contributed by atoms with van der Waals surface area (Å²) >= 11 is 1.34. The zero-order valence-corrected chi connectivity index (χ0v) is 26.4. The van der Waals surface area contributed by atoms with E-state index in [-0.39, 0.29) is 17.2 Å². The van der Waals surface area contributed by atoms with Crippen molar-refractivity contribution in [3.63, 3.8) is 0 Å². The van der Waals surface area contributed by atoms with Crippen LogP contribution in [0.2, 0.25) is 0 Å². The second kappa shape index (κ2) is 14.2. The van der Waals surface area contributed by atoms with Crippen LogP contribution in [-0.4, -0.2) is 69.3 Å². The van der Waals surface area contributed by atoms with Crippen LogP contribution in [0.4, 0.5) is 11.5 Å². The summed E-state index contributed by atoms with van der Waals surface area (Å²) in [5, 5.41) is 18.0. The largest absolute Gasteiger partial charge is 0.480 e. The van der Waals surface area contributed by atoms with Gasteiger partial charge in [-0.3, -0.25) is 9.59 Å². The van der Waals surface area contributed by atoms with Gasteiger partial charge in [0.05, 0.1) is 10.3 Å². The van der Waals surface area contributed by atoms with Crippen LogP contribution in [0.3, 0.4) is 0 Å². The molecule has 0 aliphatic carbocycles. The number of nitrogens with one attached hydrogen (secondary N) is 3. The number of carbonyl (C=O) groups is 3. The van der Waals surface area contributed by atoms with Crippen molar-refractivity contribution in [1.29, 1.82) is 0 Å². The fourth-order valence-corrected chi connectivity index (χ4v) is 8.88. The van der Waals surface area contributed by atoms with Crippen LogP contribution < -0.4 is 16.0 Å². The maximum atomic E-state index is 13.6. The molecule has 0 radical (unpaired) electrons. The quantitative estimate of drug-likeness (QED) is 0.203. The highest BCUT2D eigenvalue weighted by Crippen LogP contribution is 2.46. The molecule has 11 nitrogen and oxygen atoms in total. The van der Waals surface area contributed by atoms with Crippen molar-refractivity contribution in [3.8, 4) is 0 Å². The van der Waals surface area contributed by atoms with Gasteiger partial charge < -0.3 is 21.1 Å². The number of thioether (sulfide) groups is 1. The molecule has 1 saturated heterocycles. The van der Waals surface area contributed by atoms with Gasteiger partial charge in [-0.25, -0.2) is 18.2 Å². The summed E-state index contributed by atoms with van der Waals surface area (Å²) in [6.07, 6.45) is 2.57. The third-order valence-corrected chi connectivity index (χ3v) is 10.6. The average Bonchev–Trinajstić information content (AvgIpc) is 3.25. The van der Waals surface area contributed by atoms with E-state index in [1.54, 1.807) is 69.4 Å². The standard InChI is InChI=1S/C31H37N5O6S2/c1-21-36(44(41,42)24-10-5-4-6-11-24)28(31(2,3)43-21)29(38)35-25(30(39)40)20-22-14-16-23(17-15-22)34-27(37)13-9-19-33-26-12-7-8-18-32-26/h4-8,10-12,14-18,21,25,28H,9,13,19-20H2,1-3H3,(H,32,33)(H,34,37)(H,35,38)(H,39,40)/t21?,25-,28+/m0/s1. The zero-order chi connectivity index (χ0) is 31.9. The number of anilines is 2. The molecule has 1 aliphatic heterocycles. The Hall–Kier alpha value is -3.94. The maximum Gasteiger partial charge on any atom is 0.326 e. The number of amides is 2. The molecule has 3 aromatic rings. The first-order valence-corrected chi connectivity index (χ1v) is 16.5. The summed E-state index contributed by atoms with van der Waals surface area (Å²) in [5.41, 5.74) is 1.19. The number of benzene rings is 2. The summed E-state index contributed by atoms with van der Waals surface area (Å²) in [4.78, 5) is 42.4. The van der Waals surface area contributed by atoms with Crippen LogP contribution in [0.5, 0.6) is 0 Å². The molecule has 1 fully saturated rings. The topological polar surface area (TPSA) is 158 Å². The molecule has 3 atom stereocenters. The molecule has 2 heterocycles. The molecule has 0 saturated carbocycles. The summed E-state index contributed by atoms with van der Waals surface area (Å²) in [5.74, 6) is -1.34. The van der Waals surface area contributed by atoms with Crippen LogP contribution in [0, 0.1) is 0 Å². The number of carboxylic acids is 1. The van der Waals surface area contributed by atoms with Gasteiger partial charge >= 0.3 is 5.97 Å². The van der Waals surface area contributed by atoms with E-state index in [2.05, 4.69) is 20.9 Å². The van der Waals surface area contributed by atoms with E-state index in [1.165, 1.54) is 28.2 Å². The summed E-state index contributed by atoms with van der Waals surface area (Å²) < 4.78 is 27.5. The zero-order valence-electron chi connectivity index (χ0n) is 24.8. The number of hydrogen-bond acceptors (Lipinski definition) is 8. The van der Waals surface area contributed by atoms with Crippen LogP contribution >= 0.6 is 11.8 Å². The third kappa shape index (κ3) is 8.16. The van der Waals surface area contributed by atoms with Gasteiger partial charge in [0.1, 0.15) is 17.9 Å². The van der Waals surface area contributed by atoms with E-state index in [0.717, 1.165) is 5.82 Å². The molecule has 1 unspecified atom stereocenters. The van der Waals surface area contributed by atoms with Crippen molar-refractivity contribution < 1.29 is 27.9 Å². The molecule has 1 aliphatic rings. The molecule has 4 rings (SSSR count). The van der Waals surface area contributed by atoms with Gasteiger partial charge in [-0.15, -0.1) is 11.8 Å². The second-order valence-corrected chi connectivity index (χ2v) is 14.8. The first-order chi connectivity index (χ1) is 20.9. The minimum atomic E-state index is -4.04. The lowest BCUT2D eigenvalue weighted by Crippen LogP contribution is -2.57. The van der Waals surface area contributed by atoms with Crippen molar-refractivity contribution in [2.75, 3.05) is 17.2 Å². The predicted molar refractivity (Wildman–Crippen MR) is 171 cm³/mol. The molecule has 1 aromatic heterocycles. The van der Waals surface area contributed by atoms with Crippen molar-refractivity contribution >= 4 is 51.1 Å². The molecule has 234 valence electrons. The highest BCUT2D eigenvalue weighted by molar-refractivity contribution is 8.02. The van der Waals surface area contributed by atoms with Crippen molar-refractivity contribution in [1.82, 2.24) is 14.6 Å². The van der Waals surface area contributed by atoms with Crippen LogP contribution in [0.1, 0.15) is 39.2 Å². The monoisotopic (exact) mass is 639 g/mol. The molecular weight excluding hydrogens is 603 g/mol. The number of sulfonamides is 1.